The van der Waals surface area contributed by atoms with Gasteiger partial charge in [-0.1, -0.05) is 13.8 Å². The summed E-state index contributed by atoms with van der Waals surface area (Å²) in [7, 11) is 0. The number of piperazine rings is 1. The third-order valence-corrected chi connectivity index (χ3v) is 4.39. The van der Waals surface area contributed by atoms with Gasteiger partial charge in [0.05, 0.1) is 10.7 Å². The molecule has 1 saturated heterocycles. The van der Waals surface area contributed by atoms with Gasteiger partial charge in [-0.25, -0.2) is 4.98 Å². The van der Waals surface area contributed by atoms with Crippen LogP contribution >= 0.6 is 11.3 Å². The van der Waals surface area contributed by atoms with E-state index in [1.54, 1.807) is 11.3 Å². The van der Waals surface area contributed by atoms with Crippen LogP contribution in [0.5, 0.6) is 0 Å². The zero-order chi connectivity index (χ0) is 13.7. The molecule has 2 N–H and O–H groups in total. The summed E-state index contributed by atoms with van der Waals surface area (Å²) in [5, 5.41) is 3.36. The Bertz CT molecular complexity index is 369. The molecule has 0 aliphatic carbocycles. The fourth-order valence-electron chi connectivity index (χ4n) is 2.54. The molecule has 19 heavy (non-hydrogen) atoms. The van der Waals surface area contributed by atoms with E-state index < -0.39 is 0 Å². The lowest BCUT2D eigenvalue weighted by Crippen LogP contribution is -2.46. The number of hydrogen-bond donors (Lipinski definition) is 1. The van der Waals surface area contributed by atoms with Crippen molar-refractivity contribution in [2.24, 2.45) is 11.7 Å². The molecule has 1 aromatic rings. The average molecular weight is 282 g/mol. The second-order valence-electron chi connectivity index (χ2n) is 5.74. The van der Waals surface area contributed by atoms with Crippen LogP contribution in [-0.2, 0) is 13.0 Å². The van der Waals surface area contributed by atoms with Crippen LogP contribution in [0.25, 0.3) is 0 Å². The van der Waals surface area contributed by atoms with E-state index in [1.807, 2.05) is 0 Å². The lowest BCUT2D eigenvalue weighted by Gasteiger charge is -2.35. The van der Waals surface area contributed by atoms with Gasteiger partial charge in [-0.05, 0) is 12.5 Å². The van der Waals surface area contributed by atoms with Crippen LogP contribution in [0.1, 0.15) is 24.5 Å². The van der Waals surface area contributed by atoms with Crippen molar-refractivity contribution in [2.45, 2.75) is 26.8 Å². The molecule has 0 aromatic carbocycles. The van der Waals surface area contributed by atoms with Crippen molar-refractivity contribution in [3.63, 3.8) is 0 Å². The smallest absolute Gasteiger partial charge is 0.0941 e. The second-order valence-corrected chi connectivity index (χ2v) is 6.68. The third kappa shape index (κ3) is 4.84. The lowest BCUT2D eigenvalue weighted by molar-refractivity contribution is 0.116. The van der Waals surface area contributed by atoms with Gasteiger partial charge in [0.1, 0.15) is 0 Å². The molecule has 5 heteroatoms. The minimum absolute atomic E-state index is 0.695. The van der Waals surface area contributed by atoms with E-state index in [1.165, 1.54) is 30.3 Å². The van der Waals surface area contributed by atoms with Crippen molar-refractivity contribution in [3.8, 4) is 0 Å². The molecule has 2 rings (SSSR count). The molecule has 0 bridgehead atoms. The Morgan fingerprint density at radius 1 is 1.26 bits per heavy atom. The van der Waals surface area contributed by atoms with Crippen molar-refractivity contribution in [2.75, 3.05) is 39.3 Å². The van der Waals surface area contributed by atoms with Crippen LogP contribution in [0, 0.1) is 5.92 Å². The van der Waals surface area contributed by atoms with Gasteiger partial charge < -0.3 is 10.6 Å². The van der Waals surface area contributed by atoms with Crippen molar-refractivity contribution in [1.82, 2.24) is 14.8 Å². The molecule has 0 amide bonds. The van der Waals surface area contributed by atoms with E-state index in [2.05, 4.69) is 34.0 Å². The number of nitrogens with zero attached hydrogens (tertiary/aromatic N) is 3. The van der Waals surface area contributed by atoms with Gasteiger partial charge in [-0.15, -0.1) is 11.3 Å². The van der Waals surface area contributed by atoms with Crippen molar-refractivity contribution < 1.29 is 0 Å². The molecule has 0 spiro atoms. The van der Waals surface area contributed by atoms with Gasteiger partial charge in [0.25, 0.3) is 0 Å². The van der Waals surface area contributed by atoms with Gasteiger partial charge in [0.15, 0.2) is 0 Å². The number of hydrogen-bond acceptors (Lipinski definition) is 5. The summed E-state index contributed by atoms with van der Waals surface area (Å²) >= 11 is 1.74. The standard InChI is InChI=1S/C14H26N4S/c1-12(2)9-17-5-7-18(8-6-17)10-13-11-19-14(16-13)3-4-15/h11-12H,3-10,15H2,1-2H3. The van der Waals surface area contributed by atoms with Crippen molar-refractivity contribution in [1.29, 1.82) is 0 Å². The Labute approximate surface area is 120 Å². The number of thiazole rings is 1. The quantitative estimate of drug-likeness (QED) is 0.857. The first-order chi connectivity index (χ1) is 9.17. The fraction of sp³-hybridized carbons (Fsp3) is 0.786. The molecule has 1 fully saturated rings. The minimum atomic E-state index is 0.695. The third-order valence-electron chi connectivity index (χ3n) is 3.43. The molecule has 0 unspecified atom stereocenters. The van der Waals surface area contributed by atoms with Crippen LogP contribution in [0.3, 0.4) is 0 Å². The molecule has 1 aliphatic heterocycles. The van der Waals surface area contributed by atoms with E-state index in [0.717, 1.165) is 32.0 Å². The summed E-state index contributed by atoms with van der Waals surface area (Å²) in [5.41, 5.74) is 6.77. The van der Waals surface area contributed by atoms with Gasteiger partial charge in [0.2, 0.25) is 0 Å². The first-order valence-corrected chi connectivity index (χ1v) is 8.13. The molecule has 1 aromatic heterocycles. The van der Waals surface area contributed by atoms with Gasteiger partial charge >= 0.3 is 0 Å². The topological polar surface area (TPSA) is 45.4 Å². The molecule has 0 radical (unpaired) electrons. The van der Waals surface area contributed by atoms with Crippen LogP contribution in [0.15, 0.2) is 5.38 Å². The maximum Gasteiger partial charge on any atom is 0.0941 e. The molecule has 108 valence electrons. The Morgan fingerprint density at radius 3 is 2.58 bits per heavy atom. The molecule has 0 saturated carbocycles. The zero-order valence-corrected chi connectivity index (χ0v) is 13.0. The second kappa shape index (κ2) is 7.33. The normalized spacial score (nSPS) is 18.3. The number of rotatable bonds is 6. The molecular weight excluding hydrogens is 256 g/mol. The Morgan fingerprint density at radius 2 is 1.95 bits per heavy atom. The number of aromatic nitrogens is 1. The number of nitrogens with two attached hydrogens (primary N) is 1. The Balaban J connectivity index is 1.75. The highest BCUT2D eigenvalue weighted by Crippen LogP contribution is 2.14. The van der Waals surface area contributed by atoms with Crippen LogP contribution in [0.2, 0.25) is 0 Å². The highest BCUT2D eigenvalue weighted by atomic mass is 32.1. The van der Waals surface area contributed by atoms with Gasteiger partial charge in [-0.2, -0.15) is 0 Å². The SMILES string of the molecule is CC(C)CN1CCN(Cc2csc(CCN)n2)CC1. The summed E-state index contributed by atoms with van der Waals surface area (Å²) in [4.78, 5) is 9.73. The fourth-order valence-corrected chi connectivity index (χ4v) is 3.34. The van der Waals surface area contributed by atoms with Gasteiger partial charge in [0, 0.05) is 51.1 Å². The largest absolute Gasteiger partial charge is 0.330 e. The maximum absolute atomic E-state index is 5.56. The molecule has 1 aliphatic rings. The van der Waals surface area contributed by atoms with E-state index in [9.17, 15) is 0 Å². The summed E-state index contributed by atoms with van der Waals surface area (Å²) in [6, 6.07) is 0. The average Bonchev–Trinajstić information content (AvgIpc) is 2.79. The zero-order valence-electron chi connectivity index (χ0n) is 12.1. The molecule has 0 atom stereocenters. The van der Waals surface area contributed by atoms with Crippen LogP contribution in [-0.4, -0.2) is 54.1 Å². The molecule has 4 nitrogen and oxygen atoms in total. The minimum Gasteiger partial charge on any atom is -0.330 e. The first kappa shape index (κ1) is 14.9. The van der Waals surface area contributed by atoms with E-state index in [4.69, 9.17) is 5.73 Å². The lowest BCUT2D eigenvalue weighted by atomic mass is 10.2. The predicted octanol–water partition coefficient (Wildman–Crippen LogP) is 1.42. The highest BCUT2D eigenvalue weighted by Gasteiger charge is 2.18. The summed E-state index contributed by atoms with van der Waals surface area (Å²) in [6.45, 7) is 12.2. The van der Waals surface area contributed by atoms with Crippen LogP contribution in [0.4, 0.5) is 0 Å². The monoisotopic (exact) mass is 282 g/mol. The first-order valence-electron chi connectivity index (χ1n) is 7.25. The summed E-state index contributed by atoms with van der Waals surface area (Å²) in [5.74, 6) is 0.768. The molecular formula is C14H26N4S. The Hall–Kier alpha value is -0.490. The maximum atomic E-state index is 5.56. The summed E-state index contributed by atoms with van der Waals surface area (Å²) in [6.07, 6.45) is 0.910. The summed E-state index contributed by atoms with van der Waals surface area (Å²) < 4.78 is 0. The highest BCUT2D eigenvalue weighted by molar-refractivity contribution is 7.09. The van der Waals surface area contributed by atoms with E-state index >= 15 is 0 Å². The predicted molar refractivity (Wildman–Crippen MR) is 81.4 cm³/mol. The molecule has 2 heterocycles. The van der Waals surface area contributed by atoms with Crippen molar-refractivity contribution >= 4 is 11.3 Å². The van der Waals surface area contributed by atoms with E-state index in [-0.39, 0.29) is 0 Å². The Kier molecular flexibility index (Phi) is 5.76. The van der Waals surface area contributed by atoms with Gasteiger partial charge in [-0.3, -0.25) is 4.90 Å². The van der Waals surface area contributed by atoms with Crippen molar-refractivity contribution in [3.05, 3.63) is 16.1 Å². The van der Waals surface area contributed by atoms with Crippen LogP contribution < -0.4 is 5.73 Å². The van der Waals surface area contributed by atoms with E-state index in [0.29, 0.717) is 6.54 Å².